The Morgan fingerprint density at radius 3 is 2.89 bits per heavy atom. The molecule has 0 aliphatic carbocycles. The predicted molar refractivity (Wildman–Crippen MR) is 84.3 cm³/mol. The van der Waals surface area contributed by atoms with Crippen LogP contribution in [0.3, 0.4) is 0 Å². The van der Waals surface area contributed by atoms with Crippen molar-refractivity contribution in [2.75, 3.05) is 18.4 Å². The Balaban J connectivity index is 2.13. The third-order valence-corrected chi connectivity index (χ3v) is 5.21. The number of alkyl halides is 1. The van der Waals surface area contributed by atoms with Crippen molar-refractivity contribution >= 4 is 53.9 Å². The fraction of sp³-hybridized carbons (Fsp3) is 0.462. The molecular formula is C13H16BrNOS2. The van der Waals surface area contributed by atoms with Crippen molar-refractivity contribution in [3.05, 3.63) is 22.4 Å². The van der Waals surface area contributed by atoms with Gasteiger partial charge in [-0.1, -0.05) is 29.3 Å². The zero-order valence-electron chi connectivity index (χ0n) is 10.3. The van der Waals surface area contributed by atoms with Gasteiger partial charge in [0.1, 0.15) is 0 Å². The first kappa shape index (κ1) is 14.0. The normalized spacial score (nSPS) is 11.0. The number of carbonyl (C=O) groups is 1. The Hall–Kier alpha value is -0.390. The second-order valence-electron chi connectivity index (χ2n) is 4.09. The maximum atomic E-state index is 12.4. The minimum Gasteiger partial charge on any atom is -0.337 e. The van der Waals surface area contributed by atoms with Crippen molar-refractivity contribution < 1.29 is 4.79 Å². The molecule has 0 N–H and O–H groups in total. The Labute approximate surface area is 124 Å². The summed E-state index contributed by atoms with van der Waals surface area (Å²) in [7, 11) is 0. The van der Waals surface area contributed by atoms with Gasteiger partial charge in [-0.3, -0.25) is 4.79 Å². The van der Waals surface area contributed by atoms with E-state index in [9.17, 15) is 4.79 Å². The van der Waals surface area contributed by atoms with E-state index < -0.39 is 0 Å². The van der Waals surface area contributed by atoms with Gasteiger partial charge in [-0.2, -0.15) is 0 Å². The second kappa shape index (κ2) is 6.68. The van der Waals surface area contributed by atoms with Crippen LogP contribution in [0.4, 0.5) is 0 Å². The number of unbranched alkanes of at least 4 members (excludes halogenated alkanes) is 1. The first-order valence-electron chi connectivity index (χ1n) is 6.08. The lowest BCUT2D eigenvalue weighted by molar-refractivity contribution is 0.0769. The zero-order chi connectivity index (χ0) is 13.0. The summed E-state index contributed by atoms with van der Waals surface area (Å²) in [6, 6.07) is 4.11. The molecule has 0 radical (unpaired) electrons. The third kappa shape index (κ3) is 3.13. The van der Waals surface area contributed by atoms with E-state index in [-0.39, 0.29) is 5.91 Å². The summed E-state index contributed by atoms with van der Waals surface area (Å²) in [6.45, 7) is 3.79. The third-order valence-electron chi connectivity index (χ3n) is 2.77. The number of nitrogens with zero attached hydrogens (tertiary/aromatic N) is 1. The summed E-state index contributed by atoms with van der Waals surface area (Å²) < 4.78 is 2.44. The smallest absolute Gasteiger partial charge is 0.264 e. The van der Waals surface area contributed by atoms with E-state index in [2.05, 4.69) is 34.3 Å². The van der Waals surface area contributed by atoms with Crippen LogP contribution in [0.2, 0.25) is 0 Å². The Bertz CT molecular complexity index is 491. The van der Waals surface area contributed by atoms with Crippen LogP contribution in [-0.4, -0.2) is 29.2 Å². The van der Waals surface area contributed by atoms with Crippen LogP contribution >= 0.6 is 38.6 Å². The number of thiophene rings is 2. The maximum absolute atomic E-state index is 12.4. The first-order valence-corrected chi connectivity index (χ1v) is 8.90. The van der Waals surface area contributed by atoms with Crippen molar-refractivity contribution in [3.8, 4) is 0 Å². The highest BCUT2D eigenvalue weighted by Crippen LogP contribution is 2.30. The van der Waals surface area contributed by atoms with E-state index in [1.54, 1.807) is 22.7 Å². The van der Waals surface area contributed by atoms with Crippen LogP contribution in [0, 0.1) is 0 Å². The van der Waals surface area contributed by atoms with Crippen LogP contribution in [0.5, 0.6) is 0 Å². The van der Waals surface area contributed by atoms with Crippen LogP contribution < -0.4 is 0 Å². The summed E-state index contributed by atoms with van der Waals surface area (Å²) in [5.74, 6) is 0.177. The molecule has 5 heteroatoms. The van der Waals surface area contributed by atoms with Crippen molar-refractivity contribution in [3.63, 3.8) is 0 Å². The van der Waals surface area contributed by atoms with Crippen LogP contribution in [0.15, 0.2) is 17.5 Å². The van der Waals surface area contributed by atoms with Gasteiger partial charge >= 0.3 is 0 Å². The molecule has 0 fully saturated rings. The molecule has 0 saturated heterocycles. The topological polar surface area (TPSA) is 20.3 Å². The lowest BCUT2D eigenvalue weighted by Gasteiger charge is -2.20. The minimum absolute atomic E-state index is 0.177. The Morgan fingerprint density at radius 2 is 2.22 bits per heavy atom. The molecule has 2 heterocycles. The van der Waals surface area contributed by atoms with Gasteiger partial charge in [0, 0.05) is 27.8 Å². The average molecular weight is 346 g/mol. The van der Waals surface area contributed by atoms with Crippen molar-refractivity contribution in [2.45, 2.75) is 19.8 Å². The van der Waals surface area contributed by atoms with Crippen molar-refractivity contribution in [1.82, 2.24) is 4.90 Å². The van der Waals surface area contributed by atoms with Crippen LogP contribution in [-0.2, 0) is 0 Å². The van der Waals surface area contributed by atoms with E-state index in [0.717, 1.165) is 36.1 Å². The molecule has 0 saturated carbocycles. The molecule has 0 aliphatic rings. The Kier molecular flexibility index (Phi) is 5.21. The summed E-state index contributed by atoms with van der Waals surface area (Å²) in [4.78, 5) is 15.2. The molecule has 0 aromatic carbocycles. The second-order valence-corrected chi connectivity index (χ2v) is 6.92. The highest BCUT2D eigenvalue weighted by molar-refractivity contribution is 9.09. The maximum Gasteiger partial charge on any atom is 0.264 e. The van der Waals surface area contributed by atoms with E-state index in [4.69, 9.17) is 0 Å². The van der Waals surface area contributed by atoms with Crippen molar-refractivity contribution in [1.29, 1.82) is 0 Å². The number of rotatable bonds is 6. The van der Waals surface area contributed by atoms with E-state index in [0.29, 0.717) is 0 Å². The molecule has 98 valence electrons. The number of carbonyl (C=O) groups excluding carboxylic acids is 1. The minimum atomic E-state index is 0.177. The molecular weight excluding hydrogens is 330 g/mol. The highest BCUT2D eigenvalue weighted by Gasteiger charge is 2.17. The highest BCUT2D eigenvalue weighted by atomic mass is 79.9. The summed E-state index contributed by atoms with van der Waals surface area (Å²) in [5, 5.41) is 2.91. The molecule has 2 aromatic heterocycles. The van der Waals surface area contributed by atoms with E-state index >= 15 is 0 Å². The fourth-order valence-corrected chi connectivity index (χ4v) is 4.30. The lowest BCUT2D eigenvalue weighted by Crippen LogP contribution is -2.33. The number of halogens is 1. The quantitative estimate of drug-likeness (QED) is 0.700. The standard InChI is InChI=1S/C13H16BrNOS2/c1-2-3-6-15(7-5-14)13(16)12-9-11-10(18-12)4-8-17-11/h4,8-9H,2-3,5-7H2,1H3. The van der Waals surface area contributed by atoms with Crippen LogP contribution in [0.25, 0.3) is 9.40 Å². The summed E-state index contributed by atoms with van der Waals surface area (Å²) in [5.41, 5.74) is 0. The summed E-state index contributed by atoms with van der Waals surface area (Å²) >= 11 is 6.72. The molecule has 0 bridgehead atoms. The molecule has 0 atom stereocenters. The predicted octanol–water partition coefficient (Wildman–Crippen LogP) is 4.60. The van der Waals surface area contributed by atoms with Gasteiger partial charge in [0.2, 0.25) is 0 Å². The molecule has 1 amide bonds. The van der Waals surface area contributed by atoms with Crippen LogP contribution in [0.1, 0.15) is 29.4 Å². The zero-order valence-corrected chi connectivity index (χ0v) is 13.5. The molecule has 18 heavy (non-hydrogen) atoms. The van der Waals surface area contributed by atoms with Gasteiger partial charge < -0.3 is 4.90 Å². The SMILES string of the molecule is CCCCN(CCBr)C(=O)c1cc2sccc2s1. The molecule has 0 spiro atoms. The molecule has 2 rings (SSSR count). The molecule has 0 aliphatic heterocycles. The number of amides is 1. The molecule has 2 nitrogen and oxygen atoms in total. The fourth-order valence-electron chi connectivity index (χ4n) is 1.79. The summed E-state index contributed by atoms with van der Waals surface area (Å²) in [6.07, 6.45) is 2.18. The average Bonchev–Trinajstić information content (AvgIpc) is 2.94. The van der Waals surface area contributed by atoms with Gasteiger partial charge in [0.25, 0.3) is 5.91 Å². The number of hydrogen-bond donors (Lipinski definition) is 0. The van der Waals surface area contributed by atoms with Gasteiger partial charge in [0.15, 0.2) is 0 Å². The van der Waals surface area contributed by atoms with Gasteiger partial charge in [0.05, 0.1) is 4.88 Å². The van der Waals surface area contributed by atoms with Crippen molar-refractivity contribution in [2.24, 2.45) is 0 Å². The van der Waals surface area contributed by atoms with Gasteiger partial charge in [-0.25, -0.2) is 0 Å². The number of fused-ring (bicyclic) bond motifs is 1. The van der Waals surface area contributed by atoms with E-state index in [1.807, 2.05) is 11.0 Å². The number of hydrogen-bond acceptors (Lipinski definition) is 3. The molecule has 0 unspecified atom stereocenters. The Morgan fingerprint density at radius 1 is 1.39 bits per heavy atom. The van der Waals surface area contributed by atoms with E-state index in [1.165, 1.54) is 9.40 Å². The largest absolute Gasteiger partial charge is 0.337 e. The first-order chi connectivity index (χ1) is 8.76. The lowest BCUT2D eigenvalue weighted by atomic mass is 10.3. The van der Waals surface area contributed by atoms with Gasteiger partial charge in [-0.05, 0) is 23.9 Å². The molecule has 2 aromatic rings. The monoisotopic (exact) mass is 345 g/mol. The van der Waals surface area contributed by atoms with Gasteiger partial charge in [-0.15, -0.1) is 22.7 Å².